The number of carbonyl (C=O) groups is 1. The summed E-state index contributed by atoms with van der Waals surface area (Å²) >= 11 is 0. The van der Waals surface area contributed by atoms with Crippen molar-refractivity contribution in [3.05, 3.63) is 29.8 Å². The second-order valence-electron chi connectivity index (χ2n) is 3.86. The Balaban J connectivity index is 2.67. The van der Waals surface area contributed by atoms with Gasteiger partial charge in [-0.1, -0.05) is 12.1 Å². The molecule has 0 fully saturated rings. The van der Waals surface area contributed by atoms with E-state index >= 15 is 0 Å². The average Bonchev–Trinajstić information content (AvgIpc) is 2.25. The van der Waals surface area contributed by atoms with E-state index in [-0.39, 0.29) is 4.90 Å². The Labute approximate surface area is 100 Å². The van der Waals surface area contributed by atoms with E-state index in [9.17, 15) is 13.2 Å². The molecule has 0 radical (unpaired) electrons. The number of hydrogen-bond acceptors (Lipinski definition) is 4. The third kappa shape index (κ3) is 4.16. The molecule has 1 atom stereocenters. The normalized spacial score (nSPS) is 13.3. The maximum Gasteiger partial charge on any atom is 0.320 e. The number of carboxylic acid groups (broad SMARTS) is 1. The zero-order valence-corrected chi connectivity index (χ0v) is 10.5. The van der Waals surface area contributed by atoms with E-state index in [1.807, 2.05) is 0 Å². The van der Waals surface area contributed by atoms with Gasteiger partial charge in [0.1, 0.15) is 6.04 Å². The number of benzene rings is 1. The number of nitrogens with one attached hydrogen (secondary N) is 1. The van der Waals surface area contributed by atoms with Gasteiger partial charge in [0.2, 0.25) is 0 Å². The highest BCUT2D eigenvalue weighted by Crippen LogP contribution is 2.10. The third-order valence-electron chi connectivity index (χ3n) is 2.33. The van der Waals surface area contributed by atoms with Crippen molar-refractivity contribution in [2.45, 2.75) is 24.4 Å². The van der Waals surface area contributed by atoms with Crippen molar-refractivity contribution < 1.29 is 18.3 Å². The Morgan fingerprint density at radius 2 is 1.88 bits per heavy atom. The van der Waals surface area contributed by atoms with Gasteiger partial charge < -0.3 is 10.4 Å². The summed E-state index contributed by atoms with van der Waals surface area (Å²) in [6.07, 6.45) is 1.15. The lowest BCUT2D eigenvalue weighted by Gasteiger charge is -2.09. The fourth-order valence-corrected chi connectivity index (χ4v) is 1.84. The standard InChI is InChI=1S/C11H15NO4S/c1-8(11(13)14)12-7-9-3-5-10(6-4-9)17(2,15)16/h3-6,8,12H,7H2,1-2H3,(H,13,14). The first-order valence-corrected chi connectivity index (χ1v) is 6.95. The quantitative estimate of drug-likeness (QED) is 0.809. The molecule has 2 N–H and O–H groups in total. The molecule has 0 aliphatic carbocycles. The van der Waals surface area contributed by atoms with Crippen LogP contribution in [0.2, 0.25) is 0 Å². The van der Waals surface area contributed by atoms with E-state index in [4.69, 9.17) is 5.11 Å². The lowest BCUT2D eigenvalue weighted by atomic mass is 10.2. The molecule has 94 valence electrons. The molecule has 0 saturated heterocycles. The van der Waals surface area contributed by atoms with Gasteiger partial charge in [-0.25, -0.2) is 8.42 Å². The van der Waals surface area contributed by atoms with Crippen LogP contribution in [0.5, 0.6) is 0 Å². The van der Waals surface area contributed by atoms with Gasteiger partial charge in [-0.05, 0) is 24.6 Å². The Bertz CT molecular complexity index is 493. The molecule has 1 unspecified atom stereocenters. The molecule has 0 heterocycles. The molecule has 0 bridgehead atoms. The van der Waals surface area contributed by atoms with Crippen molar-refractivity contribution in [2.24, 2.45) is 0 Å². The number of hydrogen-bond donors (Lipinski definition) is 2. The Morgan fingerprint density at radius 1 is 1.35 bits per heavy atom. The van der Waals surface area contributed by atoms with Crippen molar-refractivity contribution in [3.63, 3.8) is 0 Å². The van der Waals surface area contributed by atoms with Gasteiger partial charge >= 0.3 is 5.97 Å². The van der Waals surface area contributed by atoms with Crippen molar-refractivity contribution in [1.29, 1.82) is 0 Å². The number of sulfone groups is 1. The fraction of sp³-hybridized carbons (Fsp3) is 0.364. The zero-order chi connectivity index (χ0) is 13.1. The first kappa shape index (κ1) is 13.7. The highest BCUT2D eigenvalue weighted by atomic mass is 32.2. The van der Waals surface area contributed by atoms with E-state index in [0.717, 1.165) is 11.8 Å². The minimum Gasteiger partial charge on any atom is -0.480 e. The van der Waals surface area contributed by atoms with Crippen LogP contribution >= 0.6 is 0 Å². The molecule has 0 amide bonds. The molecule has 17 heavy (non-hydrogen) atoms. The van der Waals surface area contributed by atoms with Crippen molar-refractivity contribution in [1.82, 2.24) is 5.32 Å². The molecule has 1 aromatic carbocycles. The maximum atomic E-state index is 11.2. The van der Waals surface area contributed by atoms with Crippen LogP contribution in [0, 0.1) is 0 Å². The van der Waals surface area contributed by atoms with Crippen LogP contribution in [-0.2, 0) is 21.2 Å². The van der Waals surface area contributed by atoms with Gasteiger partial charge in [-0.15, -0.1) is 0 Å². The number of carboxylic acids is 1. The molecule has 1 aromatic rings. The molecule has 1 rings (SSSR count). The molecule has 0 aliphatic rings. The Morgan fingerprint density at radius 3 is 2.29 bits per heavy atom. The van der Waals surface area contributed by atoms with Gasteiger partial charge in [-0.2, -0.15) is 0 Å². The second-order valence-corrected chi connectivity index (χ2v) is 5.87. The number of aliphatic carboxylic acids is 1. The second kappa shape index (κ2) is 5.29. The van der Waals surface area contributed by atoms with Gasteiger partial charge in [0.05, 0.1) is 4.90 Å². The predicted octanol–water partition coefficient (Wildman–Crippen LogP) is 0.653. The van der Waals surface area contributed by atoms with Crippen LogP contribution in [0.3, 0.4) is 0 Å². The van der Waals surface area contributed by atoms with Gasteiger partial charge in [0.25, 0.3) is 0 Å². The van der Waals surface area contributed by atoms with Gasteiger partial charge in [-0.3, -0.25) is 4.79 Å². The van der Waals surface area contributed by atoms with Crippen LogP contribution in [-0.4, -0.2) is 31.8 Å². The summed E-state index contributed by atoms with van der Waals surface area (Å²) in [4.78, 5) is 10.8. The molecule has 5 nitrogen and oxygen atoms in total. The summed E-state index contributed by atoms with van der Waals surface area (Å²) in [5.74, 6) is -0.919. The smallest absolute Gasteiger partial charge is 0.320 e. The lowest BCUT2D eigenvalue weighted by Crippen LogP contribution is -2.33. The van der Waals surface area contributed by atoms with Crippen LogP contribution in [0.1, 0.15) is 12.5 Å². The van der Waals surface area contributed by atoms with Crippen molar-refractivity contribution >= 4 is 15.8 Å². The molecular formula is C11H15NO4S. The predicted molar refractivity (Wildman–Crippen MR) is 63.5 cm³/mol. The van der Waals surface area contributed by atoms with E-state index in [1.54, 1.807) is 19.1 Å². The molecule has 6 heteroatoms. The molecule has 0 spiro atoms. The van der Waals surface area contributed by atoms with E-state index in [0.29, 0.717) is 6.54 Å². The highest BCUT2D eigenvalue weighted by molar-refractivity contribution is 7.90. The van der Waals surface area contributed by atoms with E-state index < -0.39 is 21.8 Å². The molecule has 0 saturated carbocycles. The molecule has 0 aliphatic heterocycles. The fourth-order valence-electron chi connectivity index (χ4n) is 1.21. The SMILES string of the molecule is CC(NCc1ccc(S(C)(=O)=O)cc1)C(=O)O. The minimum absolute atomic E-state index is 0.257. The zero-order valence-electron chi connectivity index (χ0n) is 9.67. The topological polar surface area (TPSA) is 83.5 Å². The Hall–Kier alpha value is -1.40. The van der Waals surface area contributed by atoms with E-state index in [2.05, 4.69) is 5.32 Å². The summed E-state index contributed by atoms with van der Waals surface area (Å²) in [5, 5.41) is 11.5. The van der Waals surface area contributed by atoms with Gasteiger partial charge in [0, 0.05) is 12.8 Å². The highest BCUT2D eigenvalue weighted by Gasteiger charge is 2.10. The van der Waals surface area contributed by atoms with Crippen molar-refractivity contribution in [3.8, 4) is 0 Å². The summed E-state index contributed by atoms with van der Waals surface area (Å²) < 4.78 is 22.4. The molecular weight excluding hydrogens is 242 g/mol. The minimum atomic E-state index is -3.18. The van der Waals surface area contributed by atoms with Crippen LogP contribution in [0.4, 0.5) is 0 Å². The Kier molecular flexibility index (Phi) is 4.25. The summed E-state index contributed by atoms with van der Waals surface area (Å²) in [5.41, 5.74) is 0.838. The summed E-state index contributed by atoms with van der Waals surface area (Å²) in [7, 11) is -3.18. The van der Waals surface area contributed by atoms with E-state index in [1.165, 1.54) is 12.1 Å². The first-order valence-electron chi connectivity index (χ1n) is 5.06. The third-order valence-corrected chi connectivity index (χ3v) is 3.46. The monoisotopic (exact) mass is 257 g/mol. The van der Waals surface area contributed by atoms with Crippen LogP contribution in [0.25, 0.3) is 0 Å². The van der Waals surface area contributed by atoms with Crippen molar-refractivity contribution in [2.75, 3.05) is 6.26 Å². The molecule has 0 aromatic heterocycles. The summed E-state index contributed by atoms with van der Waals surface area (Å²) in [6.45, 7) is 1.94. The van der Waals surface area contributed by atoms with Crippen LogP contribution in [0.15, 0.2) is 29.2 Å². The first-order chi connectivity index (χ1) is 7.80. The maximum absolute atomic E-state index is 11.2. The van der Waals surface area contributed by atoms with Gasteiger partial charge in [0.15, 0.2) is 9.84 Å². The largest absolute Gasteiger partial charge is 0.480 e. The van der Waals surface area contributed by atoms with Crippen LogP contribution < -0.4 is 5.32 Å². The lowest BCUT2D eigenvalue weighted by molar-refractivity contribution is -0.139. The number of rotatable bonds is 5. The average molecular weight is 257 g/mol. The summed E-state index contributed by atoms with van der Waals surface area (Å²) in [6, 6.07) is 5.72.